The van der Waals surface area contributed by atoms with Gasteiger partial charge in [-0.05, 0) is 56.4 Å². The van der Waals surface area contributed by atoms with Crippen LogP contribution in [0.25, 0.3) is 10.9 Å². The average Bonchev–Trinajstić information content (AvgIpc) is 3.01. The number of benzene rings is 2. The topological polar surface area (TPSA) is 79.2 Å². The second kappa shape index (κ2) is 14.6. The number of aromatic nitrogens is 1. The third-order valence-electron chi connectivity index (χ3n) is 8.71. The van der Waals surface area contributed by atoms with Crippen molar-refractivity contribution in [3.05, 3.63) is 68.0 Å². The molecule has 1 aliphatic heterocycles. The zero-order valence-electron chi connectivity index (χ0n) is 28.8. The van der Waals surface area contributed by atoms with Crippen LogP contribution in [-0.2, 0) is 20.3 Å². The van der Waals surface area contributed by atoms with Crippen molar-refractivity contribution in [2.45, 2.75) is 72.5 Å². The monoisotopic (exact) mass is 691 g/mol. The maximum Gasteiger partial charge on any atom is 0.475 e. The molecule has 12 heteroatoms. The lowest BCUT2D eigenvalue weighted by atomic mass is 9.86. The smallest absolute Gasteiger partial charge is 0.475 e. The molecule has 1 aliphatic rings. The molecule has 3 aromatic rings. The van der Waals surface area contributed by atoms with Gasteiger partial charge in [0.05, 0.1) is 50.7 Å². The lowest BCUT2D eigenvalue weighted by Crippen LogP contribution is -2.37. The van der Waals surface area contributed by atoms with Crippen LogP contribution >= 0.6 is 11.6 Å². The largest absolute Gasteiger partial charge is 0.496 e. The summed E-state index contributed by atoms with van der Waals surface area (Å²) in [6.45, 7) is 18.6. The summed E-state index contributed by atoms with van der Waals surface area (Å²) >= 11 is 6.18. The predicted octanol–water partition coefficient (Wildman–Crippen LogP) is 7.57. The van der Waals surface area contributed by atoms with Crippen LogP contribution in [-0.4, -0.2) is 66.2 Å². The number of methoxy groups -OCH3 is 1. The molecule has 2 heterocycles. The van der Waals surface area contributed by atoms with Crippen molar-refractivity contribution in [3.8, 4) is 5.75 Å². The molecule has 1 saturated heterocycles. The van der Waals surface area contributed by atoms with E-state index in [2.05, 4.69) is 48.1 Å². The Labute approximate surface area is 282 Å². The molecule has 0 N–H and O–H groups in total. The molecule has 0 bridgehead atoms. The van der Waals surface area contributed by atoms with Gasteiger partial charge in [0.2, 0.25) is 5.43 Å². The molecule has 0 amide bonds. The third-order valence-corrected chi connectivity index (χ3v) is 11.8. The molecule has 0 aliphatic carbocycles. The molecule has 1 atom stereocenters. The minimum atomic E-state index is -1.21. The molecule has 2 aromatic carbocycles. The molecule has 0 saturated carbocycles. The molecule has 0 radical (unpaired) electrons. The van der Waals surface area contributed by atoms with Gasteiger partial charge in [-0.15, -0.1) is 0 Å². The second-order valence-electron chi connectivity index (χ2n) is 14.0. The van der Waals surface area contributed by atoms with E-state index in [1.165, 1.54) is 13.2 Å². The highest BCUT2D eigenvalue weighted by Crippen LogP contribution is 2.38. The number of carbonyl (C=O) groups is 1. The number of hydrogen-bond donors (Lipinski definition) is 0. The summed E-state index contributed by atoms with van der Waals surface area (Å²) in [5, 5.41) is -0.371. The van der Waals surface area contributed by atoms with E-state index in [9.17, 15) is 9.59 Å². The summed E-state index contributed by atoms with van der Waals surface area (Å²) in [6.07, 6.45) is 1.50. The fourth-order valence-corrected chi connectivity index (χ4v) is 6.60. The van der Waals surface area contributed by atoms with E-state index in [-0.39, 0.29) is 51.7 Å². The zero-order valence-corrected chi connectivity index (χ0v) is 30.6. The van der Waals surface area contributed by atoms with Gasteiger partial charge in [0.25, 0.3) is 0 Å². The van der Waals surface area contributed by atoms with E-state index < -0.39 is 37.1 Å². The number of fused-ring (bicyclic) bond motifs is 1. The summed E-state index contributed by atoms with van der Waals surface area (Å²) in [5.41, 5.74) is 0.319. The van der Waals surface area contributed by atoms with Gasteiger partial charge < -0.3 is 23.7 Å². The van der Waals surface area contributed by atoms with Gasteiger partial charge in [0.1, 0.15) is 33.8 Å². The first-order valence-corrected chi connectivity index (χ1v) is 18.2. The number of carbonyl (C=O) groups excluding carboxylic acids is 1. The molecule has 1 fully saturated rings. The second-order valence-corrected chi connectivity index (χ2v) is 17.2. The summed E-state index contributed by atoms with van der Waals surface area (Å²) in [7, 11) is 0.280. The number of hydrogen-bond acceptors (Lipinski definition) is 7. The number of nitrogens with zero attached hydrogens (tertiary/aromatic N) is 2. The van der Waals surface area contributed by atoms with Crippen molar-refractivity contribution in [2.75, 3.05) is 51.5 Å². The Morgan fingerprint density at radius 3 is 2.30 bits per heavy atom. The minimum Gasteiger partial charge on any atom is -0.496 e. The van der Waals surface area contributed by atoms with E-state index in [4.69, 9.17) is 30.2 Å². The number of anilines is 1. The molecule has 0 spiro atoms. The Balaban J connectivity index is 1.92. The Hall–Kier alpha value is -2.99. The van der Waals surface area contributed by atoms with Crippen molar-refractivity contribution in [2.24, 2.45) is 5.41 Å². The SMILES string of the molecule is CCOC(=O)c1cn([C@H](CO[Si+](C)C(C)(C)C)C(C)(C)C)c2cc(OC)c(Cc3cc(N4CCOCC4)c(F)c(Cl)c3F)cc2c1=O. The van der Waals surface area contributed by atoms with Gasteiger partial charge in [-0.3, -0.25) is 4.79 Å². The fourth-order valence-electron chi connectivity index (χ4n) is 5.54. The first-order valence-electron chi connectivity index (χ1n) is 15.9. The molecule has 8 nitrogen and oxygen atoms in total. The fraction of sp³-hybridized carbons (Fsp3) is 0.543. The maximum atomic E-state index is 15.5. The Bertz CT molecular complexity index is 1680. The van der Waals surface area contributed by atoms with Crippen molar-refractivity contribution < 1.29 is 32.2 Å². The highest BCUT2D eigenvalue weighted by molar-refractivity contribution is 6.53. The maximum absolute atomic E-state index is 15.5. The standard InChI is InChI=1S/C35H46ClF2N2O6Si/c1-10-45-33(42)24-19-40(28(34(2,3)4)20-46-47(9)35(5,6)7)25-18-27(43-8)21(16-23(25)32(24)41)15-22-17-26(31(38)29(36)30(22)37)39-11-13-44-14-12-39/h16-19,28H,10-15,20H2,1-9H3/q+1/t28-/m1/s1. The van der Waals surface area contributed by atoms with Crippen molar-refractivity contribution in [1.29, 1.82) is 0 Å². The molecular weight excluding hydrogens is 646 g/mol. The quantitative estimate of drug-likeness (QED) is 0.123. The Morgan fingerprint density at radius 2 is 1.72 bits per heavy atom. The van der Waals surface area contributed by atoms with Gasteiger partial charge in [-0.1, -0.05) is 32.4 Å². The third kappa shape index (κ3) is 8.01. The minimum absolute atomic E-state index is 0.00685. The van der Waals surface area contributed by atoms with Crippen LogP contribution in [0, 0.1) is 17.0 Å². The van der Waals surface area contributed by atoms with E-state index in [0.29, 0.717) is 49.7 Å². The zero-order chi connectivity index (χ0) is 34.8. The normalized spacial score (nSPS) is 14.8. The highest BCUT2D eigenvalue weighted by atomic mass is 35.5. The lowest BCUT2D eigenvalue weighted by Gasteiger charge is -2.34. The number of ether oxygens (including phenoxy) is 3. The first-order chi connectivity index (χ1) is 22.0. The molecule has 1 aromatic heterocycles. The highest BCUT2D eigenvalue weighted by Gasteiger charge is 2.41. The van der Waals surface area contributed by atoms with Crippen LogP contribution in [0.2, 0.25) is 16.6 Å². The number of esters is 1. The molecule has 47 heavy (non-hydrogen) atoms. The van der Waals surface area contributed by atoms with Crippen molar-refractivity contribution in [3.63, 3.8) is 0 Å². The Kier molecular flexibility index (Phi) is 11.5. The van der Waals surface area contributed by atoms with Crippen LogP contribution in [0.5, 0.6) is 5.75 Å². The lowest BCUT2D eigenvalue weighted by molar-refractivity contribution is 0.0522. The summed E-state index contributed by atoms with van der Waals surface area (Å²) in [5.74, 6) is -2.06. The van der Waals surface area contributed by atoms with Gasteiger partial charge in [-0.2, -0.15) is 0 Å². The summed E-state index contributed by atoms with van der Waals surface area (Å²) in [4.78, 5) is 28.9. The molecule has 0 unspecified atom stereocenters. The van der Waals surface area contributed by atoms with Crippen LogP contribution in [0.15, 0.2) is 29.2 Å². The number of halogens is 3. The van der Waals surface area contributed by atoms with E-state index in [0.717, 1.165) is 0 Å². The average molecular weight is 692 g/mol. The number of pyridine rings is 1. The molecular formula is C35H46ClF2N2O6Si+. The van der Waals surface area contributed by atoms with E-state index in [1.807, 2.05) is 4.57 Å². The van der Waals surface area contributed by atoms with Crippen LogP contribution in [0.4, 0.5) is 14.5 Å². The number of morpholine rings is 1. The molecule has 4 rings (SSSR count). The van der Waals surface area contributed by atoms with Crippen molar-refractivity contribution in [1.82, 2.24) is 4.57 Å². The molecule has 256 valence electrons. The van der Waals surface area contributed by atoms with Crippen LogP contribution in [0.1, 0.15) is 76.0 Å². The van der Waals surface area contributed by atoms with Crippen molar-refractivity contribution >= 4 is 43.2 Å². The van der Waals surface area contributed by atoms with E-state index >= 15 is 8.78 Å². The first kappa shape index (κ1) is 36.8. The Morgan fingerprint density at radius 1 is 1.06 bits per heavy atom. The van der Waals surface area contributed by atoms with Gasteiger partial charge in [0, 0.05) is 37.2 Å². The van der Waals surface area contributed by atoms with Crippen LogP contribution < -0.4 is 15.1 Å². The summed E-state index contributed by atoms with van der Waals surface area (Å²) in [6, 6.07) is 4.50. The summed E-state index contributed by atoms with van der Waals surface area (Å²) < 4.78 is 55.6. The van der Waals surface area contributed by atoms with Crippen LogP contribution in [0.3, 0.4) is 0 Å². The van der Waals surface area contributed by atoms with Gasteiger partial charge in [0.15, 0.2) is 5.82 Å². The van der Waals surface area contributed by atoms with Gasteiger partial charge in [-0.25, -0.2) is 18.0 Å². The predicted molar refractivity (Wildman–Crippen MR) is 184 cm³/mol. The van der Waals surface area contributed by atoms with Gasteiger partial charge >= 0.3 is 15.0 Å². The van der Waals surface area contributed by atoms with E-state index in [1.54, 1.807) is 30.2 Å². The number of rotatable bonds is 10.